The highest BCUT2D eigenvalue weighted by molar-refractivity contribution is 6.44. The van der Waals surface area contributed by atoms with E-state index in [9.17, 15) is 9.18 Å². The van der Waals surface area contributed by atoms with Crippen LogP contribution in [0, 0.1) is 5.82 Å². The Kier molecular flexibility index (Phi) is 5.28. The molecule has 2 aromatic rings. The van der Waals surface area contributed by atoms with Gasteiger partial charge in [-0.05, 0) is 24.3 Å². The Labute approximate surface area is 135 Å². The lowest BCUT2D eigenvalue weighted by Gasteiger charge is -2.10. The number of amides is 1. The Morgan fingerprint density at radius 2 is 1.76 bits per heavy atom. The monoisotopic (exact) mass is 347 g/mol. The standard InChI is InChI=1S/C14H9Cl3FNO2/c15-8-5-10(17)12(6-9(8)16)19-14(20)7-21-13-4-2-1-3-11(13)18/h1-6H,7H2,(H,19,20). The molecule has 2 rings (SSSR count). The van der Waals surface area contributed by atoms with E-state index in [2.05, 4.69) is 5.32 Å². The molecule has 0 unspecified atom stereocenters. The van der Waals surface area contributed by atoms with Crippen LogP contribution in [0.25, 0.3) is 0 Å². The van der Waals surface area contributed by atoms with E-state index in [1.807, 2.05) is 0 Å². The fourth-order valence-corrected chi connectivity index (χ4v) is 2.10. The van der Waals surface area contributed by atoms with Crippen molar-refractivity contribution in [3.05, 3.63) is 57.3 Å². The van der Waals surface area contributed by atoms with Crippen LogP contribution >= 0.6 is 34.8 Å². The summed E-state index contributed by atoms with van der Waals surface area (Å²) in [5.41, 5.74) is 0.299. The number of nitrogens with one attached hydrogen (secondary N) is 1. The minimum atomic E-state index is -0.544. The second-order valence-corrected chi connectivity index (χ2v) is 5.24. The Bertz CT molecular complexity index is 679. The third-order valence-electron chi connectivity index (χ3n) is 2.48. The number of ether oxygens (including phenoxy) is 1. The lowest BCUT2D eigenvalue weighted by molar-refractivity contribution is -0.118. The third kappa shape index (κ3) is 4.24. The van der Waals surface area contributed by atoms with Crippen molar-refractivity contribution in [2.24, 2.45) is 0 Å². The molecule has 7 heteroatoms. The summed E-state index contributed by atoms with van der Waals surface area (Å²) in [5, 5.41) is 3.28. The zero-order valence-corrected chi connectivity index (χ0v) is 12.8. The fraction of sp³-hybridized carbons (Fsp3) is 0.0714. The molecule has 0 spiro atoms. The van der Waals surface area contributed by atoms with Crippen LogP contribution in [-0.2, 0) is 4.79 Å². The first kappa shape index (κ1) is 15.9. The molecule has 0 bridgehead atoms. The SMILES string of the molecule is O=C(COc1ccccc1F)Nc1cc(Cl)c(Cl)cc1Cl. The van der Waals surface area contributed by atoms with E-state index in [1.54, 1.807) is 6.07 Å². The van der Waals surface area contributed by atoms with Crippen molar-refractivity contribution in [3.63, 3.8) is 0 Å². The van der Waals surface area contributed by atoms with Gasteiger partial charge in [0.05, 0.1) is 20.8 Å². The summed E-state index contributed by atoms with van der Waals surface area (Å²) < 4.78 is 18.4. The van der Waals surface area contributed by atoms with Gasteiger partial charge in [0.25, 0.3) is 5.91 Å². The van der Waals surface area contributed by atoms with Crippen molar-refractivity contribution in [1.29, 1.82) is 0 Å². The van der Waals surface area contributed by atoms with Crippen molar-refractivity contribution < 1.29 is 13.9 Å². The molecule has 21 heavy (non-hydrogen) atoms. The third-order valence-corrected chi connectivity index (χ3v) is 3.51. The van der Waals surface area contributed by atoms with Gasteiger partial charge < -0.3 is 10.1 Å². The Balaban J connectivity index is 1.99. The molecule has 2 aromatic carbocycles. The van der Waals surface area contributed by atoms with Crippen LogP contribution in [0.15, 0.2) is 36.4 Å². The number of hydrogen-bond acceptors (Lipinski definition) is 2. The topological polar surface area (TPSA) is 38.3 Å². The molecule has 0 atom stereocenters. The lowest BCUT2D eigenvalue weighted by atomic mass is 10.3. The van der Waals surface area contributed by atoms with Gasteiger partial charge >= 0.3 is 0 Å². The molecule has 0 saturated carbocycles. The van der Waals surface area contributed by atoms with E-state index in [4.69, 9.17) is 39.5 Å². The first-order chi connectivity index (χ1) is 9.97. The molecule has 1 amide bonds. The van der Waals surface area contributed by atoms with Gasteiger partial charge in [0.1, 0.15) is 0 Å². The molecule has 0 saturated heterocycles. The number of hydrogen-bond donors (Lipinski definition) is 1. The van der Waals surface area contributed by atoms with Crippen LogP contribution in [0.1, 0.15) is 0 Å². The Morgan fingerprint density at radius 1 is 1.10 bits per heavy atom. The number of halogens is 4. The first-order valence-corrected chi connectivity index (χ1v) is 6.92. The van der Waals surface area contributed by atoms with Crippen molar-refractivity contribution >= 4 is 46.4 Å². The van der Waals surface area contributed by atoms with Crippen LogP contribution in [0.3, 0.4) is 0 Å². The van der Waals surface area contributed by atoms with Crippen LogP contribution < -0.4 is 10.1 Å². The molecular weight excluding hydrogens is 340 g/mol. The Morgan fingerprint density at radius 3 is 2.48 bits per heavy atom. The molecule has 110 valence electrons. The minimum absolute atomic E-state index is 0.00659. The summed E-state index contributed by atoms with van der Waals surface area (Å²) in [4.78, 5) is 11.8. The van der Waals surface area contributed by atoms with Gasteiger partial charge in [-0.3, -0.25) is 4.79 Å². The van der Waals surface area contributed by atoms with Gasteiger partial charge in [-0.1, -0.05) is 46.9 Å². The summed E-state index contributed by atoms with van der Waals surface area (Å²) >= 11 is 17.6. The quantitative estimate of drug-likeness (QED) is 0.806. The van der Waals surface area contributed by atoms with Crippen LogP contribution in [0.4, 0.5) is 10.1 Å². The molecule has 3 nitrogen and oxygen atoms in total. The van der Waals surface area contributed by atoms with E-state index in [0.717, 1.165) is 0 Å². The molecule has 0 heterocycles. The summed E-state index contributed by atoms with van der Waals surface area (Å²) in [7, 11) is 0. The number of carbonyl (C=O) groups excluding carboxylic acids is 1. The highest BCUT2D eigenvalue weighted by Gasteiger charge is 2.11. The molecule has 0 aliphatic rings. The molecule has 0 aliphatic carbocycles. The minimum Gasteiger partial charge on any atom is -0.481 e. The number of anilines is 1. The summed E-state index contributed by atoms with van der Waals surface area (Å²) in [6.45, 7) is -0.364. The van der Waals surface area contributed by atoms with Crippen molar-refractivity contribution in [3.8, 4) is 5.75 Å². The zero-order valence-electron chi connectivity index (χ0n) is 10.5. The average molecular weight is 349 g/mol. The van der Waals surface area contributed by atoms with E-state index in [-0.39, 0.29) is 27.4 Å². The second-order valence-electron chi connectivity index (χ2n) is 4.01. The van der Waals surface area contributed by atoms with Crippen molar-refractivity contribution in [2.75, 3.05) is 11.9 Å². The van der Waals surface area contributed by atoms with E-state index in [1.165, 1.54) is 30.3 Å². The van der Waals surface area contributed by atoms with E-state index >= 15 is 0 Å². The van der Waals surface area contributed by atoms with Gasteiger partial charge in [0.2, 0.25) is 0 Å². The van der Waals surface area contributed by atoms with Crippen LogP contribution in [-0.4, -0.2) is 12.5 Å². The predicted molar refractivity (Wildman–Crippen MR) is 82.0 cm³/mol. The Hall–Kier alpha value is -1.49. The van der Waals surface area contributed by atoms with Gasteiger partial charge in [-0.15, -0.1) is 0 Å². The highest BCUT2D eigenvalue weighted by Crippen LogP contribution is 2.32. The van der Waals surface area contributed by atoms with Crippen molar-refractivity contribution in [1.82, 2.24) is 0 Å². The van der Waals surface area contributed by atoms with E-state index in [0.29, 0.717) is 5.69 Å². The number of para-hydroxylation sites is 1. The molecule has 0 aliphatic heterocycles. The van der Waals surface area contributed by atoms with Gasteiger partial charge in [-0.2, -0.15) is 0 Å². The largest absolute Gasteiger partial charge is 0.481 e. The summed E-state index contributed by atoms with van der Waals surface area (Å²) in [6, 6.07) is 8.63. The number of rotatable bonds is 4. The summed E-state index contributed by atoms with van der Waals surface area (Å²) in [6.07, 6.45) is 0. The van der Waals surface area contributed by atoms with Gasteiger partial charge in [0.15, 0.2) is 18.2 Å². The van der Waals surface area contributed by atoms with Crippen LogP contribution in [0.2, 0.25) is 15.1 Å². The smallest absolute Gasteiger partial charge is 0.262 e. The second kappa shape index (κ2) is 6.98. The first-order valence-electron chi connectivity index (χ1n) is 5.79. The molecule has 1 N–H and O–H groups in total. The average Bonchev–Trinajstić information content (AvgIpc) is 2.44. The van der Waals surface area contributed by atoms with Crippen molar-refractivity contribution in [2.45, 2.75) is 0 Å². The maximum absolute atomic E-state index is 13.3. The van der Waals surface area contributed by atoms with Crippen LogP contribution in [0.5, 0.6) is 5.75 Å². The number of benzene rings is 2. The maximum atomic E-state index is 13.3. The predicted octanol–water partition coefficient (Wildman–Crippen LogP) is 4.80. The molecular formula is C14H9Cl3FNO2. The lowest BCUT2D eigenvalue weighted by Crippen LogP contribution is -2.20. The van der Waals surface area contributed by atoms with Gasteiger partial charge in [-0.25, -0.2) is 4.39 Å². The molecule has 0 aromatic heterocycles. The van der Waals surface area contributed by atoms with Gasteiger partial charge in [0, 0.05) is 0 Å². The fourth-order valence-electron chi connectivity index (χ4n) is 1.51. The zero-order chi connectivity index (χ0) is 15.4. The number of carbonyl (C=O) groups is 1. The van der Waals surface area contributed by atoms with E-state index < -0.39 is 11.7 Å². The highest BCUT2D eigenvalue weighted by atomic mass is 35.5. The molecule has 0 fully saturated rings. The summed E-state index contributed by atoms with van der Waals surface area (Å²) in [5.74, 6) is -1.05. The normalized spacial score (nSPS) is 10.3. The maximum Gasteiger partial charge on any atom is 0.262 e. The molecule has 0 radical (unpaired) electrons.